The summed E-state index contributed by atoms with van der Waals surface area (Å²) in [6.07, 6.45) is 0.402. The van der Waals surface area contributed by atoms with Crippen molar-refractivity contribution in [2.24, 2.45) is 11.7 Å². The summed E-state index contributed by atoms with van der Waals surface area (Å²) in [4.78, 5) is 0.348. The Balaban J connectivity index is 2.21. The first-order valence-corrected chi connectivity index (χ1v) is 3.56. The molecule has 0 atom stereocenters. The van der Waals surface area contributed by atoms with Gasteiger partial charge in [0, 0.05) is 19.3 Å². The standard InChI is InChI=1S/C6H9F2NS/c7-6(8)2-4(3-6)1-5(9)10/h4H,1-3H2,(H2,9,10). The van der Waals surface area contributed by atoms with Gasteiger partial charge in [0.15, 0.2) is 0 Å². The summed E-state index contributed by atoms with van der Waals surface area (Å²) >= 11 is 4.58. The molecule has 0 aliphatic heterocycles. The van der Waals surface area contributed by atoms with E-state index in [0.717, 1.165) is 0 Å². The smallest absolute Gasteiger partial charge is 0.248 e. The van der Waals surface area contributed by atoms with E-state index in [9.17, 15) is 8.78 Å². The second-order valence-corrected chi connectivity index (χ2v) is 3.33. The Morgan fingerprint density at radius 3 is 2.40 bits per heavy atom. The Bertz CT molecular complexity index is 150. The van der Waals surface area contributed by atoms with Crippen LogP contribution in [0.1, 0.15) is 19.3 Å². The van der Waals surface area contributed by atoms with Gasteiger partial charge in [-0.15, -0.1) is 0 Å². The third kappa shape index (κ3) is 1.87. The molecule has 4 heteroatoms. The maximum absolute atomic E-state index is 12.2. The van der Waals surface area contributed by atoms with E-state index >= 15 is 0 Å². The van der Waals surface area contributed by atoms with E-state index in [0.29, 0.717) is 11.4 Å². The minimum Gasteiger partial charge on any atom is -0.393 e. The molecule has 1 aliphatic rings. The average molecular weight is 165 g/mol. The van der Waals surface area contributed by atoms with Crippen LogP contribution in [0.3, 0.4) is 0 Å². The molecule has 0 saturated heterocycles. The molecule has 1 nitrogen and oxygen atoms in total. The lowest BCUT2D eigenvalue weighted by atomic mass is 9.79. The van der Waals surface area contributed by atoms with E-state index in [-0.39, 0.29) is 18.8 Å². The fourth-order valence-electron chi connectivity index (χ4n) is 1.21. The van der Waals surface area contributed by atoms with E-state index in [4.69, 9.17) is 5.73 Å². The molecule has 1 rings (SSSR count). The number of halogens is 2. The second-order valence-electron chi connectivity index (χ2n) is 2.80. The molecular weight excluding hydrogens is 156 g/mol. The third-order valence-corrected chi connectivity index (χ3v) is 1.83. The van der Waals surface area contributed by atoms with Gasteiger partial charge in [0.1, 0.15) is 0 Å². The van der Waals surface area contributed by atoms with Crippen molar-refractivity contribution in [1.29, 1.82) is 0 Å². The molecule has 2 N–H and O–H groups in total. The number of hydrogen-bond donors (Lipinski definition) is 1. The van der Waals surface area contributed by atoms with Crippen molar-refractivity contribution in [3.8, 4) is 0 Å². The van der Waals surface area contributed by atoms with E-state index in [2.05, 4.69) is 12.2 Å². The molecule has 1 aliphatic carbocycles. The molecule has 1 saturated carbocycles. The number of thiocarbonyl (C=S) groups is 1. The molecule has 0 aromatic carbocycles. The van der Waals surface area contributed by atoms with Crippen LogP contribution in [-0.4, -0.2) is 10.9 Å². The van der Waals surface area contributed by atoms with Crippen molar-refractivity contribution in [2.75, 3.05) is 0 Å². The number of alkyl halides is 2. The monoisotopic (exact) mass is 165 g/mol. The first-order valence-electron chi connectivity index (χ1n) is 3.16. The van der Waals surface area contributed by atoms with Crippen LogP contribution in [0.5, 0.6) is 0 Å². The van der Waals surface area contributed by atoms with Crippen LogP contribution in [-0.2, 0) is 0 Å². The van der Waals surface area contributed by atoms with Crippen LogP contribution in [0.4, 0.5) is 8.78 Å². The zero-order chi connectivity index (χ0) is 7.78. The Labute approximate surface area is 63.6 Å². The van der Waals surface area contributed by atoms with Gasteiger partial charge in [-0.2, -0.15) is 0 Å². The zero-order valence-electron chi connectivity index (χ0n) is 5.44. The van der Waals surface area contributed by atoms with Gasteiger partial charge >= 0.3 is 0 Å². The Morgan fingerprint density at radius 2 is 2.10 bits per heavy atom. The Hall–Kier alpha value is -0.250. The van der Waals surface area contributed by atoms with Crippen LogP contribution in [0.25, 0.3) is 0 Å². The van der Waals surface area contributed by atoms with Crippen molar-refractivity contribution in [1.82, 2.24) is 0 Å². The van der Waals surface area contributed by atoms with Gasteiger partial charge in [0.2, 0.25) is 5.92 Å². The summed E-state index contributed by atoms with van der Waals surface area (Å²) in [5.74, 6) is -2.40. The van der Waals surface area contributed by atoms with Crippen molar-refractivity contribution < 1.29 is 8.78 Å². The van der Waals surface area contributed by atoms with Crippen LogP contribution >= 0.6 is 12.2 Å². The molecule has 0 amide bonds. The highest BCUT2D eigenvalue weighted by atomic mass is 32.1. The van der Waals surface area contributed by atoms with Crippen LogP contribution < -0.4 is 5.73 Å². The predicted octanol–water partition coefficient (Wildman–Crippen LogP) is 1.71. The van der Waals surface area contributed by atoms with Gasteiger partial charge in [-0.1, -0.05) is 12.2 Å². The van der Waals surface area contributed by atoms with E-state index in [1.165, 1.54) is 0 Å². The van der Waals surface area contributed by atoms with Gasteiger partial charge in [0.25, 0.3) is 0 Å². The molecule has 0 bridgehead atoms. The van der Waals surface area contributed by atoms with E-state index < -0.39 is 5.92 Å². The Morgan fingerprint density at radius 1 is 1.60 bits per heavy atom. The summed E-state index contributed by atoms with van der Waals surface area (Å²) in [5.41, 5.74) is 5.18. The molecule has 0 heterocycles. The summed E-state index contributed by atoms with van der Waals surface area (Å²) in [7, 11) is 0. The highest BCUT2D eigenvalue weighted by Crippen LogP contribution is 2.43. The van der Waals surface area contributed by atoms with Gasteiger partial charge in [0.05, 0.1) is 4.99 Å². The fourth-order valence-corrected chi connectivity index (χ4v) is 1.45. The minimum atomic E-state index is -2.44. The molecule has 0 aromatic rings. The van der Waals surface area contributed by atoms with Crippen molar-refractivity contribution >= 4 is 17.2 Å². The maximum Gasteiger partial charge on any atom is 0.248 e. The average Bonchev–Trinajstić information content (AvgIpc) is 1.57. The lowest BCUT2D eigenvalue weighted by Gasteiger charge is -2.34. The molecular formula is C6H9F2NS. The van der Waals surface area contributed by atoms with Crippen LogP contribution in [0.2, 0.25) is 0 Å². The highest BCUT2D eigenvalue weighted by molar-refractivity contribution is 7.80. The minimum absolute atomic E-state index is 0.0347. The van der Waals surface area contributed by atoms with Crippen LogP contribution in [0, 0.1) is 5.92 Å². The lowest BCUT2D eigenvalue weighted by Crippen LogP contribution is -2.37. The lowest BCUT2D eigenvalue weighted by molar-refractivity contribution is -0.107. The first kappa shape index (κ1) is 7.85. The number of nitrogens with two attached hydrogens (primary N) is 1. The normalized spacial score (nSPS) is 23.8. The van der Waals surface area contributed by atoms with Crippen molar-refractivity contribution in [3.63, 3.8) is 0 Å². The number of rotatable bonds is 2. The zero-order valence-corrected chi connectivity index (χ0v) is 6.26. The number of hydrogen-bond acceptors (Lipinski definition) is 1. The SMILES string of the molecule is NC(=S)CC1CC(F)(F)C1. The van der Waals surface area contributed by atoms with Crippen LogP contribution in [0.15, 0.2) is 0 Å². The fraction of sp³-hybridized carbons (Fsp3) is 0.833. The van der Waals surface area contributed by atoms with Gasteiger partial charge < -0.3 is 5.73 Å². The van der Waals surface area contributed by atoms with E-state index in [1.54, 1.807) is 0 Å². The second kappa shape index (κ2) is 2.42. The van der Waals surface area contributed by atoms with E-state index in [1.807, 2.05) is 0 Å². The van der Waals surface area contributed by atoms with Crippen molar-refractivity contribution in [3.05, 3.63) is 0 Å². The highest BCUT2D eigenvalue weighted by Gasteiger charge is 2.44. The van der Waals surface area contributed by atoms with Gasteiger partial charge in [-0.05, 0) is 5.92 Å². The Kier molecular flexibility index (Phi) is 1.90. The molecule has 10 heavy (non-hydrogen) atoms. The predicted molar refractivity (Wildman–Crippen MR) is 39.1 cm³/mol. The summed E-state index contributed by atoms with van der Waals surface area (Å²) in [6.45, 7) is 0. The third-order valence-electron chi connectivity index (χ3n) is 1.66. The summed E-state index contributed by atoms with van der Waals surface area (Å²) in [5, 5.41) is 0. The van der Waals surface area contributed by atoms with Gasteiger partial charge in [-0.25, -0.2) is 8.78 Å². The topological polar surface area (TPSA) is 26.0 Å². The summed E-state index contributed by atoms with van der Waals surface area (Å²) < 4.78 is 24.3. The van der Waals surface area contributed by atoms with Gasteiger partial charge in [-0.3, -0.25) is 0 Å². The largest absolute Gasteiger partial charge is 0.393 e. The molecule has 0 spiro atoms. The quantitative estimate of drug-likeness (QED) is 0.630. The molecule has 0 aromatic heterocycles. The molecule has 1 fully saturated rings. The summed E-state index contributed by atoms with van der Waals surface area (Å²) in [6, 6.07) is 0. The molecule has 58 valence electrons. The molecule has 0 radical (unpaired) electrons. The molecule has 0 unspecified atom stereocenters. The maximum atomic E-state index is 12.2. The van der Waals surface area contributed by atoms with Crippen molar-refractivity contribution in [2.45, 2.75) is 25.2 Å². The first-order chi connectivity index (χ1) is 4.49.